The Kier molecular flexibility index (Phi) is 7.47. The van der Waals surface area contributed by atoms with Gasteiger partial charge in [0.2, 0.25) is 0 Å². The highest BCUT2D eigenvalue weighted by Gasteiger charge is 2.59. The zero-order chi connectivity index (χ0) is 24.5. The summed E-state index contributed by atoms with van der Waals surface area (Å²) in [6, 6.07) is 1.18. The fourth-order valence-corrected chi connectivity index (χ4v) is 6.17. The molecule has 0 bridgehead atoms. The van der Waals surface area contributed by atoms with Gasteiger partial charge in [-0.2, -0.15) is 0 Å². The summed E-state index contributed by atoms with van der Waals surface area (Å²) in [5.74, 6) is -0.648. The van der Waals surface area contributed by atoms with Gasteiger partial charge >= 0.3 is 19.5 Å². The lowest BCUT2D eigenvalue weighted by molar-refractivity contribution is -0.154. The summed E-state index contributed by atoms with van der Waals surface area (Å²) in [7, 11) is -3.98. The molecule has 34 heavy (non-hydrogen) atoms. The van der Waals surface area contributed by atoms with Crippen molar-refractivity contribution in [3.05, 3.63) is 33.1 Å². The van der Waals surface area contributed by atoms with Gasteiger partial charge in [-0.25, -0.2) is 9.36 Å². The number of carbonyl (C=O) groups is 1. The first-order valence-electron chi connectivity index (χ1n) is 11.7. The van der Waals surface area contributed by atoms with E-state index in [0.29, 0.717) is 12.8 Å². The highest BCUT2D eigenvalue weighted by Crippen LogP contribution is 2.58. The van der Waals surface area contributed by atoms with Crippen molar-refractivity contribution in [3.63, 3.8) is 0 Å². The zero-order valence-corrected chi connectivity index (χ0v) is 20.2. The van der Waals surface area contributed by atoms with Crippen LogP contribution in [0.2, 0.25) is 0 Å². The average molecular weight is 501 g/mol. The summed E-state index contributed by atoms with van der Waals surface area (Å²) in [4.78, 5) is 38.2. The Labute approximate surface area is 196 Å². The number of hydrogen-bond acceptors (Lipinski definition) is 10. The molecule has 12 nitrogen and oxygen atoms in total. The Hall–Kier alpha value is -1.82. The SMILES string of the molecule is CCC(CCO[P@]1(=O)OC[C@H]2O[C@@H](n3ccc(=O)[nH]c3=O)[C@](C)(N)[C@@H]2O1)C(=O)OC1CCCC1. The largest absolute Gasteiger partial charge is 0.475 e. The normalized spacial score (nSPS) is 34.6. The first-order valence-corrected chi connectivity index (χ1v) is 13.1. The third-order valence-corrected chi connectivity index (χ3v) is 8.11. The number of nitrogens with zero attached hydrogens (tertiary/aromatic N) is 1. The fourth-order valence-electron chi connectivity index (χ4n) is 4.67. The Morgan fingerprint density at radius 3 is 2.79 bits per heavy atom. The Balaban J connectivity index is 1.36. The van der Waals surface area contributed by atoms with Crippen LogP contribution in [0.5, 0.6) is 0 Å². The Morgan fingerprint density at radius 2 is 2.12 bits per heavy atom. The lowest BCUT2D eigenvalue weighted by Crippen LogP contribution is -2.55. The van der Waals surface area contributed by atoms with Gasteiger partial charge in [0.1, 0.15) is 18.3 Å². The van der Waals surface area contributed by atoms with E-state index >= 15 is 0 Å². The number of phosphoric acid groups is 1. The van der Waals surface area contributed by atoms with Gasteiger partial charge in [0.25, 0.3) is 5.56 Å². The van der Waals surface area contributed by atoms with E-state index in [2.05, 4.69) is 4.98 Å². The topological polar surface area (TPSA) is 161 Å². The maximum Gasteiger partial charge on any atom is 0.475 e. The van der Waals surface area contributed by atoms with Crippen LogP contribution in [0.15, 0.2) is 21.9 Å². The van der Waals surface area contributed by atoms with Crippen molar-refractivity contribution < 1.29 is 32.4 Å². The van der Waals surface area contributed by atoms with Crippen LogP contribution >= 0.6 is 7.82 Å². The molecular weight excluding hydrogens is 469 g/mol. The highest BCUT2D eigenvalue weighted by atomic mass is 31.2. The fraction of sp³-hybridized carbons (Fsp3) is 0.762. The molecule has 2 aliphatic heterocycles. The smallest absolute Gasteiger partial charge is 0.462 e. The average Bonchev–Trinajstić information content (AvgIpc) is 3.37. The molecule has 6 atom stereocenters. The van der Waals surface area contributed by atoms with Crippen molar-refractivity contribution in [3.8, 4) is 0 Å². The highest BCUT2D eigenvalue weighted by molar-refractivity contribution is 7.48. The molecule has 190 valence electrons. The number of nitrogens with two attached hydrogens (primary N) is 1. The van der Waals surface area contributed by atoms with Crippen molar-refractivity contribution in [1.29, 1.82) is 0 Å². The van der Waals surface area contributed by atoms with Gasteiger partial charge in [-0.1, -0.05) is 6.92 Å². The van der Waals surface area contributed by atoms with Crippen molar-refractivity contribution in [2.75, 3.05) is 13.2 Å². The summed E-state index contributed by atoms with van der Waals surface area (Å²) in [5, 5.41) is 0. The number of H-pyrrole nitrogens is 1. The molecule has 3 aliphatic rings. The van der Waals surface area contributed by atoms with Crippen LogP contribution in [0.3, 0.4) is 0 Å². The maximum absolute atomic E-state index is 13.1. The predicted molar refractivity (Wildman–Crippen MR) is 119 cm³/mol. The van der Waals surface area contributed by atoms with Crippen LogP contribution < -0.4 is 17.0 Å². The minimum Gasteiger partial charge on any atom is -0.462 e. The molecule has 1 unspecified atom stereocenters. The van der Waals surface area contributed by atoms with Crippen molar-refractivity contribution in [2.24, 2.45) is 11.7 Å². The third-order valence-electron chi connectivity index (χ3n) is 6.66. The molecule has 1 saturated carbocycles. The number of carbonyl (C=O) groups excluding carboxylic acids is 1. The minimum atomic E-state index is -3.98. The molecule has 13 heteroatoms. The zero-order valence-electron chi connectivity index (χ0n) is 19.3. The third kappa shape index (κ3) is 5.22. The summed E-state index contributed by atoms with van der Waals surface area (Å²) in [6.45, 7) is 3.33. The molecular formula is C21H32N3O9P. The molecule has 1 aliphatic carbocycles. The minimum absolute atomic E-state index is 0.0183. The van der Waals surface area contributed by atoms with E-state index < -0.39 is 43.0 Å². The number of nitrogens with one attached hydrogen (secondary N) is 1. The quantitative estimate of drug-likeness (QED) is 0.395. The van der Waals surface area contributed by atoms with Crippen molar-refractivity contribution in [2.45, 2.75) is 82.5 Å². The lowest BCUT2D eigenvalue weighted by atomic mass is 9.93. The number of hydrogen-bond donors (Lipinski definition) is 2. The second-order valence-corrected chi connectivity index (χ2v) is 10.9. The Morgan fingerprint density at radius 1 is 1.38 bits per heavy atom. The molecule has 1 aromatic heterocycles. The van der Waals surface area contributed by atoms with E-state index in [4.69, 9.17) is 28.8 Å². The number of rotatable bonds is 8. The summed E-state index contributed by atoms with van der Waals surface area (Å²) < 4.78 is 42.2. The first-order chi connectivity index (χ1) is 16.1. The summed E-state index contributed by atoms with van der Waals surface area (Å²) in [5.41, 5.74) is 3.93. The van der Waals surface area contributed by atoms with Crippen LogP contribution in [-0.4, -0.2) is 52.6 Å². The number of ether oxygens (including phenoxy) is 2. The molecule has 1 aromatic rings. The van der Waals surface area contributed by atoms with Crippen molar-refractivity contribution >= 4 is 13.8 Å². The first kappa shape index (κ1) is 25.3. The number of aromatic amines is 1. The lowest BCUT2D eigenvalue weighted by Gasteiger charge is -2.35. The van der Waals surface area contributed by atoms with Gasteiger partial charge in [-0.3, -0.25) is 32.7 Å². The molecule has 4 rings (SSSR count). The van der Waals surface area contributed by atoms with E-state index in [1.165, 1.54) is 12.3 Å². The van der Waals surface area contributed by atoms with E-state index in [0.717, 1.165) is 30.3 Å². The molecule has 0 amide bonds. The van der Waals surface area contributed by atoms with Gasteiger partial charge in [0.15, 0.2) is 6.23 Å². The molecule has 3 heterocycles. The number of aromatic nitrogens is 2. The number of fused-ring (bicyclic) bond motifs is 1. The molecule has 0 radical (unpaired) electrons. The number of phosphoric ester groups is 1. The molecule has 2 saturated heterocycles. The molecule has 0 spiro atoms. The standard InChI is InChI=1S/C21H32N3O9P/c1-3-13(18(26)31-14-6-4-5-7-14)9-11-29-34(28)30-12-15-17(33-34)21(2,22)19(32-15)24-10-8-16(25)23-20(24)27/h8,10,13-15,17,19H,3-7,9,11-12,22H2,1-2H3,(H,23,25,27)/t13?,15-,17-,19-,21-,34-/m1/s1. The second kappa shape index (κ2) is 10.0. The van der Waals surface area contributed by atoms with E-state index in [1.54, 1.807) is 6.92 Å². The second-order valence-electron chi connectivity index (χ2n) is 9.25. The van der Waals surface area contributed by atoms with Gasteiger partial charge in [0.05, 0.1) is 24.7 Å². The monoisotopic (exact) mass is 501 g/mol. The van der Waals surface area contributed by atoms with E-state index in [-0.39, 0.29) is 31.2 Å². The molecule has 0 aromatic carbocycles. The molecule has 3 N–H and O–H groups in total. The Bertz CT molecular complexity index is 1050. The van der Waals surface area contributed by atoms with Gasteiger partial charge < -0.3 is 15.2 Å². The van der Waals surface area contributed by atoms with Gasteiger partial charge in [-0.05, 0) is 45.4 Å². The van der Waals surface area contributed by atoms with Gasteiger partial charge in [0, 0.05) is 12.3 Å². The summed E-state index contributed by atoms with van der Waals surface area (Å²) >= 11 is 0. The van der Waals surface area contributed by atoms with Crippen LogP contribution in [0.4, 0.5) is 0 Å². The van der Waals surface area contributed by atoms with Crippen LogP contribution in [-0.2, 0) is 32.4 Å². The van der Waals surface area contributed by atoms with E-state index in [9.17, 15) is 18.9 Å². The van der Waals surface area contributed by atoms with Gasteiger partial charge in [-0.15, -0.1) is 0 Å². The predicted octanol–water partition coefficient (Wildman–Crippen LogP) is 1.59. The van der Waals surface area contributed by atoms with Crippen LogP contribution in [0.1, 0.15) is 58.6 Å². The maximum atomic E-state index is 13.1. The van der Waals surface area contributed by atoms with Crippen LogP contribution in [0.25, 0.3) is 0 Å². The molecule has 3 fully saturated rings. The van der Waals surface area contributed by atoms with Crippen molar-refractivity contribution in [1.82, 2.24) is 9.55 Å². The van der Waals surface area contributed by atoms with Crippen LogP contribution in [0, 0.1) is 5.92 Å². The number of esters is 1. The van der Waals surface area contributed by atoms with E-state index in [1.807, 2.05) is 6.92 Å². The summed E-state index contributed by atoms with van der Waals surface area (Å²) in [6.07, 6.45) is 3.47.